The molecule has 0 spiro atoms. The molecular weight excluding hydrogens is 300 g/mol. The number of anilines is 2. The molecule has 0 aliphatic carbocycles. The van der Waals surface area contributed by atoms with E-state index in [0.717, 1.165) is 23.7 Å². The molecule has 0 aromatic heterocycles. The Morgan fingerprint density at radius 2 is 1.83 bits per heavy atom. The first-order chi connectivity index (χ1) is 11.5. The summed E-state index contributed by atoms with van der Waals surface area (Å²) in [4.78, 5) is 14.7. The maximum atomic E-state index is 12.4. The normalized spacial score (nSPS) is 10.5. The largest absolute Gasteiger partial charge is 0.494 e. The van der Waals surface area contributed by atoms with Crippen LogP contribution >= 0.6 is 0 Å². The van der Waals surface area contributed by atoms with Gasteiger partial charge in [0.1, 0.15) is 5.75 Å². The van der Waals surface area contributed by atoms with E-state index in [1.807, 2.05) is 55.5 Å². The van der Waals surface area contributed by atoms with Gasteiger partial charge in [-0.25, -0.2) is 0 Å². The predicted molar refractivity (Wildman–Crippen MR) is 100 cm³/mol. The van der Waals surface area contributed by atoms with Crippen LogP contribution in [-0.4, -0.2) is 25.1 Å². The molecule has 2 aromatic rings. The lowest BCUT2D eigenvalue weighted by atomic mass is 10.1. The van der Waals surface area contributed by atoms with Crippen molar-refractivity contribution < 1.29 is 9.53 Å². The number of carbonyl (C=O) groups excluding carboxylic acids is 1. The van der Waals surface area contributed by atoms with Gasteiger partial charge in [0.25, 0.3) is 5.91 Å². The Balaban J connectivity index is 2.09. The van der Waals surface area contributed by atoms with Crippen LogP contribution in [0.15, 0.2) is 48.5 Å². The second-order valence-electron chi connectivity index (χ2n) is 5.84. The maximum Gasteiger partial charge on any atom is 0.255 e. The lowest BCUT2D eigenvalue weighted by Crippen LogP contribution is -2.30. The first-order valence-corrected chi connectivity index (χ1v) is 8.46. The monoisotopic (exact) mass is 326 g/mol. The number of hydrogen-bond acceptors (Lipinski definition) is 3. The second-order valence-corrected chi connectivity index (χ2v) is 5.84. The van der Waals surface area contributed by atoms with Crippen molar-refractivity contribution in [3.8, 4) is 5.75 Å². The van der Waals surface area contributed by atoms with Crippen molar-refractivity contribution in [3.63, 3.8) is 0 Å². The molecule has 0 aliphatic heterocycles. The number of carbonyl (C=O) groups is 1. The number of nitrogens with zero attached hydrogens (tertiary/aromatic N) is 1. The van der Waals surface area contributed by atoms with Crippen molar-refractivity contribution in [2.75, 3.05) is 23.4 Å². The molecule has 1 N–H and O–H groups in total. The third-order valence-corrected chi connectivity index (χ3v) is 3.83. The zero-order valence-corrected chi connectivity index (χ0v) is 14.9. The van der Waals surface area contributed by atoms with Crippen LogP contribution in [0.3, 0.4) is 0 Å². The summed E-state index contributed by atoms with van der Waals surface area (Å²) in [6.07, 6.45) is 0. The van der Waals surface area contributed by atoms with E-state index < -0.39 is 0 Å². The van der Waals surface area contributed by atoms with Crippen molar-refractivity contribution in [1.29, 1.82) is 0 Å². The van der Waals surface area contributed by atoms with Crippen molar-refractivity contribution in [1.82, 2.24) is 0 Å². The standard InChI is InChI=1S/C20H26N2O2/c1-5-22(15(3)4)18-12-10-16(11-13-18)20(23)21-17-8-7-9-19(14-17)24-6-2/h7-15H,5-6H2,1-4H3,(H,21,23). The minimum absolute atomic E-state index is 0.122. The van der Waals surface area contributed by atoms with Crippen molar-refractivity contribution in [3.05, 3.63) is 54.1 Å². The van der Waals surface area contributed by atoms with Crippen LogP contribution in [0, 0.1) is 0 Å². The SMILES string of the molecule is CCOc1cccc(NC(=O)c2ccc(N(CC)C(C)C)cc2)c1. The van der Waals surface area contributed by atoms with Crippen LogP contribution in [0.2, 0.25) is 0 Å². The summed E-state index contributed by atoms with van der Waals surface area (Å²) in [5, 5.41) is 2.91. The molecule has 4 heteroatoms. The van der Waals surface area contributed by atoms with Gasteiger partial charge in [0.2, 0.25) is 0 Å². The van der Waals surface area contributed by atoms with E-state index in [0.29, 0.717) is 18.2 Å². The van der Waals surface area contributed by atoms with Crippen LogP contribution in [0.5, 0.6) is 5.75 Å². The quantitative estimate of drug-likeness (QED) is 0.810. The molecule has 0 saturated heterocycles. The number of ether oxygens (including phenoxy) is 1. The van der Waals surface area contributed by atoms with Crippen molar-refractivity contribution in [2.24, 2.45) is 0 Å². The van der Waals surface area contributed by atoms with Gasteiger partial charge < -0.3 is 15.0 Å². The molecular formula is C20H26N2O2. The fraction of sp³-hybridized carbons (Fsp3) is 0.350. The summed E-state index contributed by atoms with van der Waals surface area (Å²) < 4.78 is 5.45. The lowest BCUT2D eigenvalue weighted by molar-refractivity contribution is 0.102. The highest BCUT2D eigenvalue weighted by Crippen LogP contribution is 2.20. The average Bonchev–Trinajstić information content (AvgIpc) is 2.56. The zero-order valence-electron chi connectivity index (χ0n) is 14.9. The molecule has 0 saturated carbocycles. The Labute approximate surface area is 144 Å². The second kappa shape index (κ2) is 8.39. The molecule has 0 heterocycles. The van der Waals surface area contributed by atoms with E-state index in [1.165, 1.54) is 0 Å². The third kappa shape index (κ3) is 4.51. The van der Waals surface area contributed by atoms with Gasteiger partial charge in [-0.1, -0.05) is 6.07 Å². The number of nitrogens with one attached hydrogen (secondary N) is 1. The van der Waals surface area contributed by atoms with Gasteiger partial charge >= 0.3 is 0 Å². The number of benzene rings is 2. The van der Waals surface area contributed by atoms with Crippen molar-refractivity contribution in [2.45, 2.75) is 33.7 Å². The van der Waals surface area contributed by atoms with Crippen LogP contribution in [0.1, 0.15) is 38.1 Å². The minimum atomic E-state index is -0.122. The zero-order chi connectivity index (χ0) is 17.5. The number of rotatable bonds is 7. The summed E-state index contributed by atoms with van der Waals surface area (Å²) >= 11 is 0. The molecule has 0 radical (unpaired) electrons. The number of hydrogen-bond donors (Lipinski definition) is 1. The molecule has 4 nitrogen and oxygen atoms in total. The Morgan fingerprint density at radius 3 is 2.42 bits per heavy atom. The summed E-state index contributed by atoms with van der Waals surface area (Å²) in [5.41, 5.74) is 2.50. The first-order valence-electron chi connectivity index (χ1n) is 8.46. The molecule has 24 heavy (non-hydrogen) atoms. The summed E-state index contributed by atoms with van der Waals surface area (Å²) in [6, 6.07) is 15.6. The highest BCUT2D eigenvalue weighted by atomic mass is 16.5. The molecule has 0 fully saturated rings. The Bertz CT molecular complexity index is 666. The van der Waals surface area contributed by atoms with Gasteiger partial charge in [-0.15, -0.1) is 0 Å². The summed E-state index contributed by atoms with van der Waals surface area (Å²) in [5.74, 6) is 0.629. The van der Waals surface area contributed by atoms with E-state index in [2.05, 4.69) is 31.0 Å². The van der Waals surface area contributed by atoms with Gasteiger partial charge in [0.15, 0.2) is 0 Å². The van der Waals surface area contributed by atoms with Gasteiger partial charge in [0.05, 0.1) is 6.61 Å². The smallest absolute Gasteiger partial charge is 0.255 e. The highest BCUT2D eigenvalue weighted by Gasteiger charge is 2.10. The van der Waals surface area contributed by atoms with E-state index >= 15 is 0 Å². The Kier molecular flexibility index (Phi) is 6.24. The lowest BCUT2D eigenvalue weighted by Gasteiger charge is -2.27. The van der Waals surface area contributed by atoms with Crippen LogP contribution in [0.25, 0.3) is 0 Å². The van der Waals surface area contributed by atoms with E-state index in [9.17, 15) is 4.79 Å². The van der Waals surface area contributed by atoms with Crippen LogP contribution < -0.4 is 15.0 Å². The topological polar surface area (TPSA) is 41.6 Å². The molecule has 0 atom stereocenters. The fourth-order valence-corrected chi connectivity index (χ4v) is 2.68. The molecule has 128 valence electrons. The van der Waals surface area contributed by atoms with Crippen molar-refractivity contribution >= 4 is 17.3 Å². The van der Waals surface area contributed by atoms with E-state index in [4.69, 9.17) is 4.74 Å². The first kappa shape index (κ1) is 17.9. The van der Waals surface area contributed by atoms with Crippen LogP contribution in [-0.2, 0) is 0 Å². The highest BCUT2D eigenvalue weighted by molar-refractivity contribution is 6.04. The molecule has 0 aliphatic rings. The molecule has 2 rings (SSSR count). The van der Waals surface area contributed by atoms with Gasteiger partial charge in [-0.3, -0.25) is 4.79 Å². The molecule has 0 unspecified atom stereocenters. The van der Waals surface area contributed by atoms with E-state index in [-0.39, 0.29) is 5.91 Å². The van der Waals surface area contributed by atoms with Gasteiger partial charge in [-0.2, -0.15) is 0 Å². The molecule has 1 amide bonds. The summed E-state index contributed by atoms with van der Waals surface area (Å²) in [7, 11) is 0. The number of amides is 1. The van der Waals surface area contributed by atoms with Gasteiger partial charge in [-0.05, 0) is 64.1 Å². The molecule has 0 bridgehead atoms. The van der Waals surface area contributed by atoms with E-state index in [1.54, 1.807) is 0 Å². The minimum Gasteiger partial charge on any atom is -0.494 e. The summed E-state index contributed by atoms with van der Waals surface area (Å²) in [6.45, 7) is 9.93. The Morgan fingerprint density at radius 1 is 1.12 bits per heavy atom. The van der Waals surface area contributed by atoms with Gasteiger partial charge in [0, 0.05) is 35.6 Å². The average molecular weight is 326 g/mol. The van der Waals surface area contributed by atoms with Crippen LogP contribution in [0.4, 0.5) is 11.4 Å². The Hall–Kier alpha value is -2.49. The molecule has 2 aromatic carbocycles. The fourth-order valence-electron chi connectivity index (χ4n) is 2.68. The predicted octanol–water partition coefficient (Wildman–Crippen LogP) is 4.57. The maximum absolute atomic E-state index is 12.4. The third-order valence-electron chi connectivity index (χ3n) is 3.83.